The third-order valence-corrected chi connectivity index (χ3v) is 6.38. The maximum atomic E-state index is 16.4. The lowest BCUT2D eigenvalue weighted by Gasteiger charge is -2.23. The molecule has 1 heterocycles. The Kier molecular flexibility index (Phi) is 5.74. The topological polar surface area (TPSA) is 30.0 Å². The molecule has 1 aromatic heterocycles. The fraction of sp³-hybridized carbons (Fsp3) is 0.172. The molecule has 0 saturated heterocycles. The average Bonchev–Trinajstić information content (AvgIpc) is 3.14. The Labute approximate surface area is 204 Å². The first kappa shape index (κ1) is 23.9. The van der Waals surface area contributed by atoms with E-state index in [1.807, 2.05) is 13.8 Å². The van der Waals surface area contributed by atoms with Gasteiger partial charge in [0.25, 0.3) is 0 Å². The molecule has 0 fully saturated rings. The highest BCUT2D eigenvalue weighted by atomic mass is 19.4. The van der Waals surface area contributed by atoms with Crippen molar-refractivity contribution in [3.8, 4) is 22.4 Å². The van der Waals surface area contributed by atoms with Crippen LogP contribution in [0.2, 0.25) is 0 Å². The molecule has 7 heteroatoms. The SMILES string of the molecule is CC(C)c1nc2c(c(-c3ccc(F)cc3)c1C(F)c1ccc(C(F)(F)F)cc1)C(=O)c1ccccc1-2. The van der Waals surface area contributed by atoms with E-state index in [1.165, 1.54) is 24.3 Å². The molecule has 1 unspecified atom stereocenters. The molecule has 0 amide bonds. The minimum absolute atomic E-state index is 0.00188. The molecule has 0 radical (unpaired) electrons. The lowest BCUT2D eigenvalue weighted by molar-refractivity contribution is -0.137. The standard InChI is InChI=1S/C29H20F5NO/c1-15(2)26-23(25(31)17-7-11-18(12-8-17)29(32,33)34)22(16-9-13-19(30)14-10-16)24-27(35-26)20-5-3-4-6-21(20)28(24)36/h3-15,25H,1-2H3. The van der Waals surface area contributed by atoms with Crippen LogP contribution in [0.4, 0.5) is 22.0 Å². The Hall–Kier alpha value is -3.87. The van der Waals surface area contributed by atoms with Crippen molar-refractivity contribution in [3.63, 3.8) is 0 Å². The number of nitrogens with zero attached hydrogens (tertiary/aromatic N) is 1. The van der Waals surface area contributed by atoms with E-state index in [4.69, 9.17) is 4.98 Å². The lowest BCUT2D eigenvalue weighted by atomic mass is 9.85. The number of alkyl halides is 4. The number of rotatable bonds is 4. The third kappa shape index (κ3) is 3.88. The number of halogens is 5. The van der Waals surface area contributed by atoms with Crippen molar-refractivity contribution in [1.82, 2.24) is 4.98 Å². The van der Waals surface area contributed by atoms with Gasteiger partial charge in [0.1, 0.15) is 5.82 Å². The van der Waals surface area contributed by atoms with Gasteiger partial charge in [0.05, 0.1) is 22.5 Å². The van der Waals surface area contributed by atoms with Crippen molar-refractivity contribution in [1.29, 1.82) is 0 Å². The molecule has 1 aliphatic carbocycles. The van der Waals surface area contributed by atoms with Gasteiger partial charge < -0.3 is 0 Å². The summed E-state index contributed by atoms with van der Waals surface area (Å²) in [7, 11) is 0. The minimum atomic E-state index is -4.56. The lowest BCUT2D eigenvalue weighted by Crippen LogP contribution is -2.12. The molecule has 0 spiro atoms. The van der Waals surface area contributed by atoms with Crippen LogP contribution in [0.25, 0.3) is 22.4 Å². The van der Waals surface area contributed by atoms with Gasteiger partial charge in [-0.05, 0) is 41.3 Å². The molecule has 2 nitrogen and oxygen atoms in total. The normalized spacial score (nSPS) is 13.6. The second-order valence-electron chi connectivity index (χ2n) is 9.03. The number of pyridine rings is 1. The van der Waals surface area contributed by atoms with E-state index in [9.17, 15) is 22.4 Å². The Morgan fingerprint density at radius 2 is 1.42 bits per heavy atom. The zero-order chi connectivity index (χ0) is 25.8. The summed E-state index contributed by atoms with van der Waals surface area (Å²) in [5.41, 5.74) is 1.95. The summed E-state index contributed by atoms with van der Waals surface area (Å²) in [4.78, 5) is 18.3. The molecular formula is C29H20F5NO. The molecule has 0 saturated carbocycles. The van der Waals surface area contributed by atoms with Crippen LogP contribution in [0.5, 0.6) is 0 Å². The van der Waals surface area contributed by atoms with E-state index >= 15 is 4.39 Å². The van der Waals surface area contributed by atoms with E-state index in [0.717, 1.165) is 24.3 Å². The molecule has 5 rings (SSSR count). The Morgan fingerprint density at radius 1 is 0.806 bits per heavy atom. The number of hydrogen-bond donors (Lipinski definition) is 0. The number of benzene rings is 3. The van der Waals surface area contributed by atoms with Crippen molar-refractivity contribution in [2.75, 3.05) is 0 Å². The zero-order valence-electron chi connectivity index (χ0n) is 19.3. The van der Waals surface area contributed by atoms with Crippen molar-refractivity contribution < 1.29 is 26.7 Å². The molecule has 0 aliphatic heterocycles. The molecule has 1 aliphatic rings. The predicted molar refractivity (Wildman–Crippen MR) is 127 cm³/mol. The quantitative estimate of drug-likeness (QED) is 0.236. The summed E-state index contributed by atoms with van der Waals surface area (Å²) in [6.07, 6.45) is -6.43. The molecular weight excluding hydrogens is 473 g/mol. The molecule has 4 aromatic rings. The van der Waals surface area contributed by atoms with Crippen LogP contribution in [0.15, 0.2) is 72.8 Å². The van der Waals surface area contributed by atoms with Crippen LogP contribution >= 0.6 is 0 Å². The zero-order valence-corrected chi connectivity index (χ0v) is 19.3. The van der Waals surface area contributed by atoms with E-state index < -0.39 is 23.7 Å². The van der Waals surface area contributed by atoms with Gasteiger partial charge in [-0.3, -0.25) is 9.78 Å². The largest absolute Gasteiger partial charge is 0.416 e. The van der Waals surface area contributed by atoms with Crippen LogP contribution < -0.4 is 0 Å². The maximum Gasteiger partial charge on any atom is 0.416 e. The van der Waals surface area contributed by atoms with Gasteiger partial charge in [-0.25, -0.2) is 8.78 Å². The van der Waals surface area contributed by atoms with E-state index in [1.54, 1.807) is 24.3 Å². The fourth-order valence-corrected chi connectivity index (χ4v) is 4.68. The summed E-state index contributed by atoms with van der Waals surface area (Å²) in [6, 6.07) is 16.2. The van der Waals surface area contributed by atoms with Crippen molar-refractivity contribution in [2.24, 2.45) is 0 Å². The van der Waals surface area contributed by atoms with Crippen molar-refractivity contribution in [3.05, 3.63) is 112 Å². The smallest absolute Gasteiger partial charge is 0.288 e. The summed E-state index contributed by atoms with van der Waals surface area (Å²) >= 11 is 0. The number of fused-ring (bicyclic) bond motifs is 3. The number of carbonyl (C=O) groups excluding carboxylic acids is 1. The average molecular weight is 493 g/mol. The number of hydrogen-bond acceptors (Lipinski definition) is 2. The Balaban J connectivity index is 1.81. The van der Waals surface area contributed by atoms with E-state index in [-0.39, 0.29) is 34.0 Å². The first-order valence-corrected chi connectivity index (χ1v) is 11.4. The highest BCUT2D eigenvalue weighted by molar-refractivity contribution is 6.24. The minimum Gasteiger partial charge on any atom is -0.288 e. The van der Waals surface area contributed by atoms with Crippen LogP contribution in [-0.4, -0.2) is 10.8 Å². The number of ketones is 1. The van der Waals surface area contributed by atoms with Crippen LogP contribution in [0.3, 0.4) is 0 Å². The number of carbonyl (C=O) groups is 1. The molecule has 36 heavy (non-hydrogen) atoms. The summed E-state index contributed by atoms with van der Waals surface area (Å²) < 4.78 is 69.4. The van der Waals surface area contributed by atoms with Crippen LogP contribution in [0.1, 0.15) is 64.2 Å². The Morgan fingerprint density at radius 3 is 2.00 bits per heavy atom. The maximum absolute atomic E-state index is 16.4. The molecule has 182 valence electrons. The summed E-state index contributed by atoms with van der Waals surface area (Å²) in [5.74, 6) is -1.10. The van der Waals surface area contributed by atoms with Crippen LogP contribution in [-0.2, 0) is 6.18 Å². The van der Waals surface area contributed by atoms with E-state index in [2.05, 4.69) is 0 Å². The van der Waals surface area contributed by atoms with Gasteiger partial charge in [0, 0.05) is 22.3 Å². The van der Waals surface area contributed by atoms with E-state index in [0.29, 0.717) is 28.1 Å². The highest BCUT2D eigenvalue weighted by Gasteiger charge is 2.37. The Bertz CT molecular complexity index is 1470. The second kappa shape index (κ2) is 8.66. The first-order valence-electron chi connectivity index (χ1n) is 11.4. The van der Waals surface area contributed by atoms with Gasteiger partial charge >= 0.3 is 6.18 Å². The van der Waals surface area contributed by atoms with Gasteiger partial charge in [0.15, 0.2) is 12.0 Å². The fourth-order valence-electron chi connectivity index (χ4n) is 4.68. The molecule has 0 bridgehead atoms. The van der Waals surface area contributed by atoms with Crippen molar-refractivity contribution >= 4 is 5.78 Å². The molecule has 0 N–H and O–H groups in total. The third-order valence-electron chi connectivity index (χ3n) is 6.38. The van der Waals surface area contributed by atoms with Crippen LogP contribution in [0, 0.1) is 5.82 Å². The molecule has 1 atom stereocenters. The van der Waals surface area contributed by atoms with Gasteiger partial charge in [0.2, 0.25) is 0 Å². The summed E-state index contributed by atoms with van der Waals surface area (Å²) in [6.45, 7) is 3.66. The first-order chi connectivity index (χ1) is 17.1. The second-order valence-corrected chi connectivity index (χ2v) is 9.03. The van der Waals surface area contributed by atoms with Gasteiger partial charge in [-0.2, -0.15) is 13.2 Å². The van der Waals surface area contributed by atoms with Gasteiger partial charge in [-0.15, -0.1) is 0 Å². The predicted octanol–water partition coefficient (Wildman–Crippen LogP) is 8.30. The molecule has 3 aromatic carbocycles. The number of aromatic nitrogens is 1. The monoisotopic (exact) mass is 493 g/mol. The summed E-state index contributed by atoms with van der Waals surface area (Å²) in [5, 5.41) is 0. The van der Waals surface area contributed by atoms with Crippen molar-refractivity contribution in [2.45, 2.75) is 32.1 Å². The highest BCUT2D eigenvalue weighted by Crippen LogP contribution is 2.47. The van der Waals surface area contributed by atoms with Gasteiger partial charge in [-0.1, -0.05) is 62.4 Å².